The predicted molar refractivity (Wildman–Crippen MR) is 63.7 cm³/mol. The normalized spacial score (nSPS) is 9.50. The van der Waals surface area contributed by atoms with Crippen LogP contribution in [0.3, 0.4) is 0 Å². The van der Waals surface area contributed by atoms with E-state index in [2.05, 4.69) is 15.9 Å². The summed E-state index contributed by atoms with van der Waals surface area (Å²) >= 11 is 4.93. The Balaban J connectivity index is 3.37. The van der Waals surface area contributed by atoms with E-state index in [9.17, 15) is 9.90 Å². The summed E-state index contributed by atoms with van der Waals surface area (Å²) in [6, 6.07) is 4.73. The van der Waals surface area contributed by atoms with Crippen molar-refractivity contribution in [3.63, 3.8) is 0 Å². The molecule has 1 N–H and O–H groups in total. The number of ketones is 1. The molecule has 0 saturated carbocycles. The van der Waals surface area contributed by atoms with Crippen LogP contribution in [0.15, 0.2) is 12.1 Å². The predicted octanol–water partition coefficient (Wildman–Crippen LogP) is 2.45. The smallest absolute Gasteiger partial charge is 0.174 e. The van der Waals surface area contributed by atoms with Crippen LogP contribution in [0.5, 0.6) is 5.75 Å². The minimum absolute atomic E-state index is 0.0944. The minimum atomic E-state index is -0.106. The van der Waals surface area contributed by atoms with Crippen LogP contribution in [-0.2, 0) is 0 Å². The number of rotatable bonds is 2. The van der Waals surface area contributed by atoms with Gasteiger partial charge < -0.3 is 5.11 Å². The molecular formula is C9H5BrINO2. The molecule has 0 spiro atoms. The second kappa shape index (κ2) is 4.75. The third-order valence-electron chi connectivity index (χ3n) is 1.65. The van der Waals surface area contributed by atoms with Gasteiger partial charge in [-0.2, -0.15) is 5.26 Å². The summed E-state index contributed by atoms with van der Waals surface area (Å²) in [5.41, 5.74) is 0.606. The molecule has 3 nitrogen and oxygen atoms in total. The molecule has 0 aliphatic heterocycles. The maximum Gasteiger partial charge on any atom is 0.174 e. The topological polar surface area (TPSA) is 61.1 Å². The fourth-order valence-electron chi connectivity index (χ4n) is 0.960. The Morgan fingerprint density at radius 1 is 1.64 bits per heavy atom. The van der Waals surface area contributed by atoms with Gasteiger partial charge in [0.25, 0.3) is 0 Å². The van der Waals surface area contributed by atoms with Gasteiger partial charge in [0.05, 0.1) is 5.33 Å². The molecule has 0 atom stereocenters. The highest BCUT2D eigenvalue weighted by atomic mass is 127. The first-order valence-corrected chi connectivity index (χ1v) is 5.82. The van der Waals surface area contributed by atoms with Gasteiger partial charge in [0.2, 0.25) is 0 Å². The zero-order chi connectivity index (χ0) is 10.7. The summed E-state index contributed by atoms with van der Waals surface area (Å²) in [4.78, 5) is 11.4. The number of hydrogen-bond donors (Lipinski definition) is 1. The Hall–Kier alpha value is -0.610. The molecule has 0 aromatic heterocycles. The monoisotopic (exact) mass is 365 g/mol. The third kappa shape index (κ3) is 2.07. The molecule has 1 aromatic rings. The lowest BCUT2D eigenvalue weighted by Gasteiger charge is -2.04. The molecule has 0 saturated heterocycles. The largest absolute Gasteiger partial charge is 0.507 e. The summed E-state index contributed by atoms with van der Waals surface area (Å²) < 4.78 is 0.495. The lowest BCUT2D eigenvalue weighted by molar-refractivity contribution is 0.102. The molecule has 0 radical (unpaired) electrons. The van der Waals surface area contributed by atoms with Crippen LogP contribution in [0.2, 0.25) is 0 Å². The van der Waals surface area contributed by atoms with E-state index in [1.165, 1.54) is 12.1 Å². The summed E-state index contributed by atoms with van der Waals surface area (Å²) in [6.07, 6.45) is 0. The van der Waals surface area contributed by atoms with Crippen LogP contribution in [0.4, 0.5) is 0 Å². The number of nitriles is 1. The standard InChI is InChI=1S/C9H5BrINO2/c10-3-8(14)5-1-2-7(13)6(4-12)9(5)11/h1-2,13H,3H2. The van der Waals surface area contributed by atoms with Crippen molar-refractivity contribution >= 4 is 44.3 Å². The molecule has 0 amide bonds. The molecule has 1 rings (SSSR count). The Morgan fingerprint density at radius 2 is 2.29 bits per heavy atom. The highest BCUT2D eigenvalue weighted by Gasteiger charge is 2.14. The summed E-state index contributed by atoms with van der Waals surface area (Å²) in [6.45, 7) is 0. The summed E-state index contributed by atoms with van der Waals surface area (Å²) in [5.74, 6) is -0.200. The van der Waals surface area contributed by atoms with Crippen molar-refractivity contribution in [2.75, 3.05) is 5.33 Å². The molecule has 0 bridgehead atoms. The van der Waals surface area contributed by atoms with Crippen LogP contribution >= 0.6 is 38.5 Å². The summed E-state index contributed by atoms with van der Waals surface area (Å²) in [7, 11) is 0. The molecule has 0 aliphatic rings. The van der Waals surface area contributed by atoms with Crippen LogP contribution in [0.1, 0.15) is 15.9 Å². The maximum atomic E-state index is 11.4. The van der Waals surface area contributed by atoms with Gasteiger partial charge >= 0.3 is 0 Å². The maximum absolute atomic E-state index is 11.4. The highest BCUT2D eigenvalue weighted by Crippen LogP contribution is 2.25. The SMILES string of the molecule is N#Cc1c(O)ccc(C(=O)CBr)c1I. The molecule has 5 heteroatoms. The number of phenolic OH excluding ortho intramolecular Hbond substituents is 1. The Bertz CT molecular complexity index is 426. The third-order valence-corrected chi connectivity index (χ3v) is 3.28. The first-order valence-electron chi connectivity index (χ1n) is 3.62. The van der Waals surface area contributed by atoms with Gasteiger partial charge in [-0.1, -0.05) is 15.9 Å². The van der Waals surface area contributed by atoms with Crippen molar-refractivity contribution in [1.82, 2.24) is 0 Å². The molecule has 1 aromatic carbocycles. The summed E-state index contributed by atoms with van der Waals surface area (Å²) in [5, 5.41) is 18.3. The van der Waals surface area contributed by atoms with Gasteiger partial charge in [-0.3, -0.25) is 4.79 Å². The van der Waals surface area contributed by atoms with Crippen molar-refractivity contribution in [1.29, 1.82) is 5.26 Å². The lowest BCUT2D eigenvalue weighted by atomic mass is 10.1. The van der Waals surface area contributed by atoms with E-state index in [1.807, 2.05) is 28.7 Å². The molecule has 72 valence electrons. The van der Waals surface area contributed by atoms with Crippen LogP contribution in [0, 0.1) is 14.9 Å². The molecule has 0 unspecified atom stereocenters. The van der Waals surface area contributed by atoms with E-state index in [0.717, 1.165) is 0 Å². The van der Waals surface area contributed by atoms with Crippen molar-refractivity contribution < 1.29 is 9.90 Å². The quantitative estimate of drug-likeness (QED) is 0.497. The Labute approximate surface area is 103 Å². The molecule has 14 heavy (non-hydrogen) atoms. The van der Waals surface area contributed by atoms with E-state index >= 15 is 0 Å². The lowest BCUT2D eigenvalue weighted by Crippen LogP contribution is -2.04. The number of hydrogen-bond acceptors (Lipinski definition) is 3. The minimum Gasteiger partial charge on any atom is -0.507 e. The molecule has 0 aliphatic carbocycles. The molecule has 0 heterocycles. The zero-order valence-corrected chi connectivity index (χ0v) is 10.7. The van der Waals surface area contributed by atoms with Gasteiger partial charge in [0, 0.05) is 9.13 Å². The van der Waals surface area contributed by atoms with Gasteiger partial charge in [0.1, 0.15) is 17.4 Å². The molecule has 0 fully saturated rings. The van der Waals surface area contributed by atoms with E-state index in [0.29, 0.717) is 9.13 Å². The van der Waals surface area contributed by atoms with E-state index in [-0.39, 0.29) is 22.4 Å². The number of benzene rings is 1. The van der Waals surface area contributed by atoms with Gasteiger partial charge in [-0.25, -0.2) is 0 Å². The average Bonchev–Trinajstić information content (AvgIpc) is 2.18. The van der Waals surface area contributed by atoms with Crippen LogP contribution in [0.25, 0.3) is 0 Å². The first-order chi connectivity index (χ1) is 6.61. The van der Waals surface area contributed by atoms with Crippen LogP contribution < -0.4 is 0 Å². The Kier molecular flexibility index (Phi) is 3.89. The average molecular weight is 366 g/mol. The van der Waals surface area contributed by atoms with Gasteiger partial charge in [-0.15, -0.1) is 0 Å². The number of carbonyl (C=O) groups excluding carboxylic acids is 1. The number of carbonyl (C=O) groups is 1. The first kappa shape index (κ1) is 11.5. The van der Waals surface area contributed by atoms with E-state index < -0.39 is 0 Å². The Morgan fingerprint density at radius 3 is 2.79 bits per heavy atom. The van der Waals surface area contributed by atoms with Crippen molar-refractivity contribution in [2.45, 2.75) is 0 Å². The number of Topliss-reactive ketones (excluding diaryl/α,β-unsaturated/α-hetero) is 1. The second-order valence-electron chi connectivity index (χ2n) is 2.49. The van der Waals surface area contributed by atoms with Gasteiger partial charge in [0.15, 0.2) is 5.78 Å². The number of halogens is 2. The fourth-order valence-corrected chi connectivity index (χ4v) is 2.14. The number of alkyl halides is 1. The highest BCUT2D eigenvalue weighted by molar-refractivity contribution is 14.1. The second-order valence-corrected chi connectivity index (χ2v) is 4.13. The number of nitrogens with zero attached hydrogens (tertiary/aromatic N) is 1. The van der Waals surface area contributed by atoms with Crippen molar-refractivity contribution in [3.8, 4) is 11.8 Å². The number of phenols is 1. The van der Waals surface area contributed by atoms with Gasteiger partial charge in [-0.05, 0) is 34.7 Å². The van der Waals surface area contributed by atoms with E-state index in [1.54, 1.807) is 0 Å². The zero-order valence-electron chi connectivity index (χ0n) is 6.92. The van der Waals surface area contributed by atoms with Crippen molar-refractivity contribution in [3.05, 3.63) is 26.8 Å². The van der Waals surface area contributed by atoms with E-state index in [4.69, 9.17) is 5.26 Å². The van der Waals surface area contributed by atoms with Crippen molar-refractivity contribution in [2.24, 2.45) is 0 Å². The number of aromatic hydroxyl groups is 1. The van der Waals surface area contributed by atoms with Crippen LogP contribution in [-0.4, -0.2) is 16.2 Å². The fraction of sp³-hybridized carbons (Fsp3) is 0.111. The molecular weight excluding hydrogens is 361 g/mol.